The first kappa shape index (κ1) is 39.1. The van der Waals surface area contributed by atoms with E-state index in [2.05, 4.69) is 10.1 Å². The highest BCUT2D eigenvalue weighted by Crippen LogP contribution is 2.55. The van der Waals surface area contributed by atoms with Crippen LogP contribution in [0.15, 0.2) is 71.6 Å². The zero-order chi connectivity index (χ0) is 38.3. The summed E-state index contributed by atoms with van der Waals surface area (Å²) in [5.74, 6) is -4.69. The summed E-state index contributed by atoms with van der Waals surface area (Å²) < 4.78 is 161. The minimum absolute atomic E-state index is 0.0482. The number of alkyl halides is 6. The summed E-state index contributed by atoms with van der Waals surface area (Å²) >= 11 is 0. The molecule has 2 aliphatic rings. The lowest BCUT2D eigenvalue weighted by Gasteiger charge is -2.38. The number of hydrogen-bond acceptors (Lipinski definition) is 5. The minimum atomic E-state index is -6.23. The van der Waals surface area contributed by atoms with E-state index in [9.17, 15) is 57.5 Å². The van der Waals surface area contributed by atoms with Crippen LogP contribution in [-0.2, 0) is 41.1 Å². The number of halogens is 9. The lowest BCUT2D eigenvalue weighted by atomic mass is 9.88. The number of nitrogens with one attached hydrogen (secondary N) is 1. The molecule has 2 unspecified atom stereocenters. The van der Waals surface area contributed by atoms with Gasteiger partial charge in [-0.2, -0.15) is 26.3 Å². The molecule has 1 heterocycles. The fourth-order valence-corrected chi connectivity index (χ4v) is 9.20. The van der Waals surface area contributed by atoms with Crippen molar-refractivity contribution in [3.63, 3.8) is 0 Å². The Labute approximate surface area is 293 Å². The molecule has 0 spiro atoms. The summed E-state index contributed by atoms with van der Waals surface area (Å²) in [4.78, 5) is 26.1. The predicted molar refractivity (Wildman–Crippen MR) is 167 cm³/mol. The second-order valence-corrected chi connectivity index (χ2v) is 15.2. The first-order valence-electron chi connectivity index (χ1n) is 16.1. The van der Waals surface area contributed by atoms with Crippen LogP contribution in [-0.4, -0.2) is 56.6 Å². The maximum absolute atomic E-state index is 14.5. The number of carbonyl (C=O) groups excluding carboxylic acids is 2. The van der Waals surface area contributed by atoms with E-state index >= 15 is 0 Å². The molecule has 3 aromatic carbocycles. The lowest BCUT2D eigenvalue weighted by Crippen LogP contribution is -2.56. The average molecular weight is 765 g/mol. The van der Waals surface area contributed by atoms with Gasteiger partial charge in [-0.15, -0.1) is 0 Å². The summed E-state index contributed by atoms with van der Waals surface area (Å²) in [6.07, 6.45) is -12.3. The maximum Gasteiger partial charge on any atom is 0.430 e. The van der Waals surface area contributed by atoms with Crippen molar-refractivity contribution in [3.8, 4) is 0 Å². The third kappa shape index (κ3) is 7.13. The zero-order valence-corrected chi connectivity index (χ0v) is 28.3. The van der Waals surface area contributed by atoms with Gasteiger partial charge in [-0.1, -0.05) is 30.3 Å². The largest absolute Gasteiger partial charge is 0.430 e. The topological polar surface area (TPSA) is 92.8 Å². The van der Waals surface area contributed by atoms with Gasteiger partial charge in [0.05, 0.1) is 11.5 Å². The first-order chi connectivity index (χ1) is 24.2. The number of benzene rings is 3. The van der Waals surface area contributed by atoms with Crippen molar-refractivity contribution < 1.29 is 62.3 Å². The summed E-state index contributed by atoms with van der Waals surface area (Å²) in [5.41, 5.74) is -8.03. The summed E-state index contributed by atoms with van der Waals surface area (Å²) in [6.45, 7) is 0.309. The van der Waals surface area contributed by atoms with E-state index < -0.39 is 85.6 Å². The molecule has 2 atom stereocenters. The molecule has 5 rings (SSSR count). The van der Waals surface area contributed by atoms with E-state index in [1.165, 1.54) is 6.92 Å². The molecule has 17 heteroatoms. The first-order valence-corrected chi connectivity index (χ1v) is 17.6. The van der Waals surface area contributed by atoms with Crippen molar-refractivity contribution in [2.75, 3.05) is 13.1 Å². The number of amides is 2. The zero-order valence-electron chi connectivity index (χ0n) is 27.5. The predicted octanol–water partition coefficient (Wildman–Crippen LogP) is 7.24. The summed E-state index contributed by atoms with van der Waals surface area (Å²) in [6, 6.07) is 7.38. The summed E-state index contributed by atoms with van der Waals surface area (Å²) in [5, 5.41) is 2.82. The Balaban J connectivity index is 1.52. The molecular formula is C35H33F9N2O5S. The number of carbonyl (C=O) groups is 2. The molecule has 2 fully saturated rings. The van der Waals surface area contributed by atoms with Crippen LogP contribution in [0, 0.1) is 23.4 Å². The molecule has 0 aromatic heterocycles. The van der Waals surface area contributed by atoms with E-state index in [0.717, 1.165) is 42.5 Å². The van der Waals surface area contributed by atoms with Crippen LogP contribution in [0.1, 0.15) is 55.7 Å². The van der Waals surface area contributed by atoms with Gasteiger partial charge in [0, 0.05) is 43.1 Å². The van der Waals surface area contributed by atoms with E-state index in [0.29, 0.717) is 50.2 Å². The molecule has 7 nitrogen and oxygen atoms in total. The van der Waals surface area contributed by atoms with Crippen LogP contribution >= 0.6 is 0 Å². The molecular weight excluding hydrogens is 731 g/mol. The molecule has 52 heavy (non-hydrogen) atoms. The van der Waals surface area contributed by atoms with E-state index in [1.54, 1.807) is 4.90 Å². The molecule has 282 valence electrons. The van der Waals surface area contributed by atoms with Gasteiger partial charge in [0.1, 0.15) is 22.2 Å². The quantitative estimate of drug-likeness (QED) is 0.183. The van der Waals surface area contributed by atoms with Gasteiger partial charge in [-0.05, 0) is 74.1 Å². The number of rotatable bonds is 9. The molecule has 2 amide bonds. The highest BCUT2D eigenvalue weighted by Gasteiger charge is 2.73. The van der Waals surface area contributed by atoms with Gasteiger partial charge >= 0.3 is 12.4 Å². The summed E-state index contributed by atoms with van der Waals surface area (Å²) in [7, 11) is -4.56. The number of sulfone groups is 1. The van der Waals surface area contributed by atoms with Gasteiger partial charge < -0.3 is 15.0 Å². The molecule has 1 saturated carbocycles. The number of piperidine rings is 1. The number of hydrogen-bond donors (Lipinski definition) is 1. The van der Waals surface area contributed by atoms with E-state index in [1.807, 2.05) is 0 Å². The van der Waals surface area contributed by atoms with Crippen LogP contribution in [0.25, 0.3) is 0 Å². The van der Waals surface area contributed by atoms with Crippen LogP contribution < -0.4 is 5.32 Å². The monoisotopic (exact) mass is 764 g/mol. The minimum Gasteiger partial charge on any atom is -0.353 e. The van der Waals surface area contributed by atoms with Gasteiger partial charge in [0.2, 0.25) is 11.8 Å². The van der Waals surface area contributed by atoms with Gasteiger partial charge in [0.15, 0.2) is 9.84 Å². The van der Waals surface area contributed by atoms with Crippen LogP contribution in [0.3, 0.4) is 0 Å². The fourth-order valence-electron chi connectivity index (χ4n) is 7.00. The maximum atomic E-state index is 14.5. The highest BCUT2D eigenvalue weighted by molar-refractivity contribution is 7.92. The number of ether oxygens (including phenoxy) is 1. The smallest absolute Gasteiger partial charge is 0.353 e. The molecule has 1 N–H and O–H groups in total. The Kier molecular flexibility index (Phi) is 10.8. The molecule has 1 saturated heterocycles. The van der Waals surface area contributed by atoms with Crippen molar-refractivity contribution in [2.24, 2.45) is 5.92 Å². The lowest BCUT2D eigenvalue weighted by molar-refractivity contribution is -0.392. The molecule has 0 bridgehead atoms. The Morgan fingerprint density at radius 3 is 1.92 bits per heavy atom. The Morgan fingerprint density at radius 2 is 1.40 bits per heavy atom. The van der Waals surface area contributed by atoms with Crippen molar-refractivity contribution in [1.29, 1.82) is 0 Å². The van der Waals surface area contributed by atoms with Crippen molar-refractivity contribution >= 4 is 21.7 Å². The van der Waals surface area contributed by atoms with Crippen molar-refractivity contribution in [1.82, 2.24) is 10.2 Å². The highest BCUT2D eigenvalue weighted by atomic mass is 32.2. The molecule has 1 aliphatic heterocycles. The van der Waals surface area contributed by atoms with Gasteiger partial charge in [-0.3, -0.25) is 9.59 Å². The van der Waals surface area contributed by atoms with Gasteiger partial charge in [-0.25, -0.2) is 21.6 Å². The average Bonchev–Trinajstić information content (AvgIpc) is 3.51. The van der Waals surface area contributed by atoms with Gasteiger partial charge in [0.25, 0.3) is 5.60 Å². The standard InChI is InChI=1S/C35H33F9N2O5S/c1-21(47)46-17-14-22(15-18-46)31(48)45-26-13-16-32(19-26,52(49,50)27-11-9-25(36)10-12-27)23-5-7-24(8-6-23)33(34(39,40)41,35(42,43)44)51-20-28-29(37)3-2-4-30(28)38/h2-12,22,26H,13-20H2,1H3,(H,45,48). The SMILES string of the molecule is CC(=O)N1CCC(C(=O)NC2CCC(c3ccc(C(OCc4c(F)cccc4F)(C(F)(F)F)C(F)(F)F)cc3)(S(=O)(=O)c3ccc(F)cc3)C2)CC1. The Morgan fingerprint density at radius 1 is 0.846 bits per heavy atom. The van der Waals surface area contributed by atoms with Crippen LogP contribution in [0.2, 0.25) is 0 Å². The normalized spacial score (nSPS) is 20.6. The molecule has 1 aliphatic carbocycles. The van der Waals surface area contributed by atoms with Crippen LogP contribution in [0.5, 0.6) is 0 Å². The molecule has 0 radical (unpaired) electrons. The number of likely N-dealkylation sites (tertiary alicyclic amines) is 1. The Hall–Kier alpha value is -4.12. The van der Waals surface area contributed by atoms with Crippen molar-refractivity contribution in [2.45, 2.75) is 79.3 Å². The second kappa shape index (κ2) is 14.4. The Bertz CT molecular complexity index is 1860. The van der Waals surface area contributed by atoms with E-state index in [-0.39, 0.29) is 35.6 Å². The number of nitrogens with zero attached hydrogens (tertiary/aromatic N) is 1. The fraction of sp³-hybridized carbons (Fsp3) is 0.429. The van der Waals surface area contributed by atoms with Crippen molar-refractivity contribution in [3.05, 3.63) is 101 Å². The van der Waals surface area contributed by atoms with Crippen LogP contribution in [0.4, 0.5) is 39.5 Å². The van der Waals surface area contributed by atoms with E-state index in [4.69, 9.17) is 0 Å². The third-order valence-electron chi connectivity index (χ3n) is 9.88. The second-order valence-electron chi connectivity index (χ2n) is 12.9. The molecule has 3 aromatic rings. The third-order valence-corrected chi connectivity index (χ3v) is 12.4.